The number of rotatable bonds is 4. The maximum Gasteiger partial charge on any atom is 0.310 e. The molecule has 0 aliphatic rings. The molecule has 2 aromatic carbocycles. The molecule has 136 valence electrons. The van der Waals surface area contributed by atoms with Crippen molar-refractivity contribution < 1.29 is 9.53 Å². The van der Waals surface area contributed by atoms with Gasteiger partial charge in [0, 0.05) is 6.07 Å². The van der Waals surface area contributed by atoms with Crippen LogP contribution in [0.3, 0.4) is 0 Å². The average molecular weight is 378 g/mol. The largest absolute Gasteiger partial charge is 0.466 e. The van der Waals surface area contributed by atoms with Crippen LogP contribution in [0.1, 0.15) is 18.1 Å². The Morgan fingerprint density at radius 2 is 1.93 bits per heavy atom. The Morgan fingerprint density at radius 1 is 1.15 bits per heavy atom. The summed E-state index contributed by atoms with van der Waals surface area (Å²) in [5.74, 6) is -0.245. The second-order valence-electron chi connectivity index (χ2n) is 6.35. The summed E-state index contributed by atoms with van der Waals surface area (Å²) in [4.78, 5) is 28.7. The number of aryl methyl sites for hydroxylation is 1. The normalized spacial score (nSPS) is 11.2. The van der Waals surface area contributed by atoms with Crippen LogP contribution >= 0.6 is 11.3 Å². The Morgan fingerprint density at radius 3 is 2.67 bits per heavy atom. The molecule has 0 unspecified atom stereocenters. The summed E-state index contributed by atoms with van der Waals surface area (Å²) < 4.78 is 8.00. The van der Waals surface area contributed by atoms with Crippen LogP contribution in [0, 0.1) is 6.92 Å². The van der Waals surface area contributed by atoms with Crippen LogP contribution in [0.4, 0.5) is 0 Å². The van der Waals surface area contributed by atoms with Crippen molar-refractivity contribution in [1.29, 1.82) is 0 Å². The van der Waals surface area contributed by atoms with E-state index in [0.717, 1.165) is 32.6 Å². The first-order valence-electron chi connectivity index (χ1n) is 8.73. The number of esters is 1. The molecule has 2 aromatic heterocycles. The van der Waals surface area contributed by atoms with E-state index in [4.69, 9.17) is 4.74 Å². The van der Waals surface area contributed by atoms with Gasteiger partial charge in [0.25, 0.3) is 5.56 Å². The summed E-state index contributed by atoms with van der Waals surface area (Å²) >= 11 is 1.44. The highest BCUT2D eigenvalue weighted by atomic mass is 32.1. The molecule has 0 saturated heterocycles. The molecule has 0 bridgehead atoms. The van der Waals surface area contributed by atoms with Crippen molar-refractivity contribution in [2.75, 3.05) is 6.61 Å². The Balaban J connectivity index is 1.89. The second kappa shape index (κ2) is 6.96. The highest BCUT2D eigenvalue weighted by Crippen LogP contribution is 2.30. The van der Waals surface area contributed by atoms with Crippen LogP contribution in [0.15, 0.2) is 53.3 Å². The van der Waals surface area contributed by atoms with Crippen molar-refractivity contribution in [1.82, 2.24) is 9.38 Å². The molecule has 0 radical (unpaired) electrons. The maximum atomic E-state index is 12.1. The summed E-state index contributed by atoms with van der Waals surface area (Å²) in [6.07, 6.45) is 0.230. The Kier molecular flexibility index (Phi) is 4.49. The standard InChI is InChI=1S/C21H18N2O3S/c1-3-26-20(25)11-14-6-9-16-18(10-14)27-21-22-19(24)12-17(23(16)21)15-7-4-13(2)5-8-15/h4-10,12H,3,11H2,1-2H3. The number of thiazole rings is 1. The fourth-order valence-electron chi connectivity index (χ4n) is 3.11. The lowest BCUT2D eigenvalue weighted by Gasteiger charge is -2.07. The van der Waals surface area contributed by atoms with Crippen LogP contribution in [0.25, 0.3) is 26.4 Å². The van der Waals surface area contributed by atoms with Gasteiger partial charge in [0.2, 0.25) is 0 Å². The minimum atomic E-state index is -0.260. The first kappa shape index (κ1) is 17.4. The number of hydrogen-bond acceptors (Lipinski definition) is 5. The molecule has 0 N–H and O–H groups in total. The lowest BCUT2D eigenvalue weighted by molar-refractivity contribution is -0.142. The monoisotopic (exact) mass is 378 g/mol. The molecular formula is C21H18N2O3S. The van der Waals surface area contributed by atoms with Gasteiger partial charge in [-0.05, 0) is 37.1 Å². The first-order chi connectivity index (χ1) is 13.0. The second-order valence-corrected chi connectivity index (χ2v) is 7.36. The van der Waals surface area contributed by atoms with Crippen molar-refractivity contribution in [3.05, 3.63) is 70.0 Å². The molecule has 0 atom stereocenters. The summed E-state index contributed by atoms with van der Waals surface area (Å²) in [6, 6.07) is 15.5. The van der Waals surface area contributed by atoms with Crippen LogP contribution in [0.2, 0.25) is 0 Å². The SMILES string of the molecule is CCOC(=O)Cc1ccc2c(c1)sc1nc(=O)cc(-c3ccc(C)cc3)n12. The van der Waals surface area contributed by atoms with E-state index in [2.05, 4.69) is 4.98 Å². The van der Waals surface area contributed by atoms with E-state index < -0.39 is 0 Å². The minimum absolute atomic E-state index is 0.230. The number of carbonyl (C=O) groups excluding carboxylic acids is 1. The molecular weight excluding hydrogens is 360 g/mol. The van der Waals surface area contributed by atoms with Crippen molar-refractivity contribution in [3.63, 3.8) is 0 Å². The van der Waals surface area contributed by atoms with Gasteiger partial charge in [-0.3, -0.25) is 14.0 Å². The van der Waals surface area contributed by atoms with Gasteiger partial charge in [0.1, 0.15) is 0 Å². The molecule has 4 rings (SSSR count). The van der Waals surface area contributed by atoms with Crippen LogP contribution in [-0.4, -0.2) is 22.0 Å². The van der Waals surface area contributed by atoms with E-state index in [1.54, 1.807) is 13.0 Å². The van der Waals surface area contributed by atoms with Gasteiger partial charge in [0.15, 0.2) is 4.96 Å². The smallest absolute Gasteiger partial charge is 0.310 e. The summed E-state index contributed by atoms with van der Waals surface area (Å²) in [6.45, 7) is 4.20. The number of ether oxygens (including phenoxy) is 1. The van der Waals surface area contributed by atoms with E-state index in [1.807, 2.05) is 53.8 Å². The van der Waals surface area contributed by atoms with Gasteiger partial charge >= 0.3 is 5.97 Å². The van der Waals surface area contributed by atoms with Gasteiger partial charge in [-0.1, -0.05) is 47.2 Å². The molecule has 6 heteroatoms. The lowest BCUT2D eigenvalue weighted by Crippen LogP contribution is -2.08. The molecule has 0 saturated carbocycles. The zero-order valence-electron chi connectivity index (χ0n) is 15.1. The van der Waals surface area contributed by atoms with Gasteiger partial charge in [0.05, 0.1) is 28.9 Å². The molecule has 0 aliphatic carbocycles. The molecule has 2 heterocycles. The van der Waals surface area contributed by atoms with Crippen LogP contribution < -0.4 is 5.56 Å². The maximum absolute atomic E-state index is 12.1. The quantitative estimate of drug-likeness (QED) is 0.504. The van der Waals surface area contributed by atoms with Crippen LogP contribution in [0.5, 0.6) is 0 Å². The molecule has 27 heavy (non-hydrogen) atoms. The van der Waals surface area contributed by atoms with E-state index in [9.17, 15) is 9.59 Å². The molecule has 0 spiro atoms. The lowest BCUT2D eigenvalue weighted by atomic mass is 10.1. The third-order valence-electron chi connectivity index (χ3n) is 4.37. The Labute approximate surface area is 159 Å². The Hall–Kier alpha value is -2.99. The van der Waals surface area contributed by atoms with Crippen molar-refractivity contribution in [2.45, 2.75) is 20.3 Å². The highest BCUT2D eigenvalue weighted by molar-refractivity contribution is 7.23. The van der Waals surface area contributed by atoms with E-state index in [-0.39, 0.29) is 17.9 Å². The number of hydrogen-bond donors (Lipinski definition) is 0. The third kappa shape index (κ3) is 3.36. The zero-order chi connectivity index (χ0) is 19.0. The molecule has 0 fully saturated rings. The molecule has 0 aliphatic heterocycles. The van der Waals surface area contributed by atoms with E-state index in [0.29, 0.717) is 11.6 Å². The average Bonchev–Trinajstić information content (AvgIpc) is 2.99. The van der Waals surface area contributed by atoms with Crippen molar-refractivity contribution >= 4 is 32.5 Å². The fraction of sp³-hybridized carbons (Fsp3) is 0.190. The van der Waals surface area contributed by atoms with E-state index >= 15 is 0 Å². The molecule has 4 aromatic rings. The van der Waals surface area contributed by atoms with Gasteiger partial charge in [-0.25, -0.2) is 0 Å². The zero-order valence-corrected chi connectivity index (χ0v) is 15.9. The van der Waals surface area contributed by atoms with Gasteiger partial charge in [-0.2, -0.15) is 4.98 Å². The number of benzene rings is 2. The predicted octanol–water partition coefficient (Wildman–Crippen LogP) is 3.99. The number of carbonyl (C=O) groups is 1. The summed E-state index contributed by atoms with van der Waals surface area (Å²) in [5.41, 5.74) is 4.52. The van der Waals surface area contributed by atoms with E-state index in [1.165, 1.54) is 11.3 Å². The summed E-state index contributed by atoms with van der Waals surface area (Å²) in [7, 11) is 0. The van der Waals surface area contributed by atoms with Gasteiger partial charge in [-0.15, -0.1) is 0 Å². The molecule has 0 amide bonds. The Bertz CT molecular complexity index is 1210. The first-order valence-corrected chi connectivity index (χ1v) is 9.54. The predicted molar refractivity (Wildman–Crippen MR) is 107 cm³/mol. The van der Waals surface area contributed by atoms with Crippen LogP contribution in [-0.2, 0) is 16.0 Å². The fourth-order valence-corrected chi connectivity index (χ4v) is 4.21. The highest BCUT2D eigenvalue weighted by Gasteiger charge is 2.13. The summed E-state index contributed by atoms with van der Waals surface area (Å²) in [5, 5.41) is 0. The molecule has 5 nitrogen and oxygen atoms in total. The van der Waals surface area contributed by atoms with Crippen molar-refractivity contribution in [3.8, 4) is 11.3 Å². The van der Waals surface area contributed by atoms with Crippen molar-refractivity contribution in [2.24, 2.45) is 0 Å². The number of fused-ring (bicyclic) bond motifs is 3. The van der Waals surface area contributed by atoms with Gasteiger partial charge < -0.3 is 4.74 Å². The number of nitrogens with zero attached hydrogens (tertiary/aromatic N) is 2. The number of aromatic nitrogens is 2. The third-order valence-corrected chi connectivity index (χ3v) is 5.37. The topological polar surface area (TPSA) is 60.7 Å². The minimum Gasteiger partial charge on any atom is -0.466 e.